The quantitative estimate of drug-likeness (QED) is 0.580. The first kappa shape index (κ1) is 17.8. The second-order valence-corrected chi connectivity index (χ2v) is 6.64. The lowest BCUT2D eigenvalue weighted by atomic mass is 10.2. The van der Waals surface area contributed by atoms with Crippen LogP contribution in [0.1, 0.15) is 11.1 Å². The number of nitrogens with zero attached hydrogens (tertiary/aromatic N) is 4. The topological polar surface area (TPSA) is 74.0 Å². The molecule has 4 rings (SSSR count). The van der Waals surface area contributed by atoms with Crippen molar-refractivity contribution in [3.8, 4) is 5.75 Å². The molecule has 28 heavy (non-hydrogen) atoms. The standard InChI is InChI=1S/C21H21N5O2/c1-14-9-10-16(28-3)11-17(14)23-19-18-20(25(2)21(27)24-19)22-13-26(18)12-15-7-5-4-6-8-15/h4-11,13H,12H2,1-3H3,(H,23,24,27). The zero-order chi connectivity index (χ0) is 19.7. The predicted octanol–water partition coefficient (Wildman–Crippen LogP) is 3.24. The molecule has 0 atom stereocenters. The fraction of sp³-hybridized carbons (Fsp3) is 0.190. The van der Waals surface area contributed by atoms with Gasteiger partial charge in [-0.2, -0.15) is 4.98 Å². The Bertz CT molecular complexity index is 1190. The van der Waals surface area contributed by atoms with E-state index in [1.807, 2.05) is 47.9 Å². The maximum absolute atomic E-state index is 12.4. The third kappa shape index (κ3) is 3.22. The van der Waals surface area contributed by atoms with Gasteiger partial charge < -0.3 is 14.6 Å². The number of benzene rings is 2. The summed E-state index contributed by atoms with van der Waals surface area (Å²) in [6, 6.07) is 15.8. The molecule has 0 spiro atoms. The molecule has 2 aromatic heterocycles. The van der Waals surface area contributed by atoms with E-state index in [4.69, 9.17) is 4.74 Å². The number of nitrogens with one attached hydrogen (secondary N) is 1. The van der Waals surface area contributed by atoms with Gasteiger partial charge in [-0.25, -0.2) is 9.78 Å². The first-order valence-corrected chi connectivity index (χ1v) is 8.94. The first-order valence-electron chi connectivity index (χ1n) is 8.94. The summed E-state index contributed by atoms with van der Waals surface area (Å²) in [7, 11) is 3.30. The largest absolute Gasteiger partial charge is 0.497 e. The lowest BCUT2D eigenvalue weighted by molar-refractivity contribution is 0.415. The molecule has 0 saturated heterocycles. The Morgan fingerprint density at radius 1 is 1.14 bits per heavy atom. The molecule has 1 N–H and O–H groups in total. The van der Waals surface area contributed by atoms with Crippen molar-refractivity contribution >= 4 is 22.7 Å². The van der Waals surface area contributed by atoms with Crippen LogP contribution < -0.4 is 15.7 Å². The van der Waals surface area contributed by atoms with Crippen molar-refractivity contribution in [3.63, 3.8) is 0 Å². The molecule has 7 heteroatoms. The minimum Gasteiger partial charge on any atom is -0.497 e. The summed E-state index contributed by atoms with van der Waals surface area (Å²) >= 11 is 0. The van der Waals surface area contributed by atoms with Gasteiger partial charge in [-0.3, -0.25) is 4.57 Å². The van der Waals surface area contributed by atoms with Crippen LogP contribution in [-0.2, 0) is 13.6 Å². The molecule has 7 nitrogen and oxygen atoms in total. The molecule has 2 heterocycles. The molecule has 0 fully saturated rings. The lowest BCUT2D eigenvalue weighted by Crippen LogP contribution is -2.22. The van der Waals surface area contributed by atoms with Crippen molar-refractivity contribution < 1.29 is 4.74 Å². The molecule has 142 valence electrons. The smallest absolute Gasteiger partial charge is 0.351 e. The molecule has 0 radical (unpaired) electrons. The van der Waals surface area contributed by atoms with Gasteiger partial charge in [-0.1, -0.05) is 36.4 Å². The van der Waals surface area contributed by atoms with Gasteiger partial charge >= 0.3 is 5.69 Å². The van der Waals surface area contributed by atoms with E-state index in [1.54, 1.807) is 20.5 Å². The Kier molecular flexibility index (Phi) is 4.57. The highest BCUT2D eigenvalue weighted by molar-refractivity contribution is 5.86. The SMILES string of the molecule is COc1ccc(C)c(Nc2nc(=O)n(C)c3ncn(Cc4ccccc4)c23)c1. The van der Waals surface area contributed by atoms with Crippen molar-refractivity contribution in [1.82, 2.24) is 19.1 Å². The molecule has 2 aromatic carbocycles. The van der Waals surface area contributed by atoms with E-state index in [2.05, 4.69) is 27.4 Å². The fourth-order valence-electron chi connectivity index (χ4n) is 3.15. The van der Waals surface area contributed by atoms with Crippen molar-refractivity contribution in [2.75, 3.05) is 12.4 Å². The molecule has 0 aliphatic heterocycles. The molecule has 0 saturated carbocycles. The maximum Gasteiger partial charge on any atom is 0.351 e. The minimum absolute atomic E-state index is 0.361. The summed E-state index contributed by atoms with van der Waals surface area (Å²) in [5, 5.41) is 3.30. The van der Waals surface area contributed by atoms with Crippen molar-refractivity contribution in [2.45, 2.75) is 13.5 Å². The summed E-state index contributed by atoms with van der Waals surface area (Å²) < 4.78 is 8.78. The van der Waals surface area contributed by atoms with Crippen molar-refractivity contribution in [3.05, 3.63) is 76.5 Å². The highest BCUT2D eigenvalue weighted by Crippen LogP contribution is 2.28. The van der Waals surface area contributed by atoms with Crippen LogP contribution in [0.3, 0.4) is 0 Å². The van der Waals surface area contributed by atoms with Crippen LogP contribution in [-0.4, -0.2) is 26.2 Å². The van der Waals surface area contributed by atoms with Crippen LogP contribution in [0, 0.1) is 6.92 Å². The Hall–Kier alpha value is -3.61. The monoisotopic (exact) mass is 375 g/mol. The van der Waals surface area contributed by atoms with E-state index in [-0.39, 0.29) is 5.69 Å². The normalized spacial score (nSPS) is 11.0. The Morgan fingerprint density at radius 2 is 1.93 bits per heavy atom. The third-order valence-electron chi connectivity index (χ3n) is 4.75. The molecular weight excluding hydrogens is 354 g/mol. The van der Waals surface area contributed by atoms with Gasteiger partial charge in [0.15, 0.2) is 11.5 Å². The summed E-state index contributed by atoms with van der Waals surface area (Å²) in [4.78, 5) is 21.1. The number of fused-ring (bicyclic) bond motifs is 1. The van der Waals surface area contributed by atoms with Gasteiger partial charge in [0.2, 0.25) is 0 Å². The number of aromatic nitrogens is 4. The lowest BCUT2D eigenvalue weighted by Gasteiger charge is -2.13. The van der Waals surface area contributed by atoms with Crippen LogP contribution in [0.4, 0.5) is 11.5 Å². The summed E-state index contributed by atoms with van der Waals surface area (Å²) in [5.41, 5.74) is 3.98. The van der Waals surface area contributed by atoms with Crippen LogP contribution in [0.2, 0.25) is 0 Å². The van der Waals surface area contributed by atoms with Gasteiger partial charge in [0.25, 0.3) is 0 Å². The van der Waals surface area contributed by atoms with Crippen LogP contribution in [0.15, 0.2) is 59.7 Å². The van der Waals surface area contributed by atoms with Gasteiger partial charge in [-0.15, -0.1) is 0 Å². The zero-order valence-corrected chi connectivity index (χ0v) is 16.0. The highest BCUT2D eigenvalue weighted by atomic mass is 16.5. The maximum atomic E-state index is 12.4. The van der Waals surface area contributed by atoms with Gasteiger partial charge in [0, 0.05) is 25.3 Å². The van der Waals surface area contributed by atoms with Crippen LogP contribution in [0.5, 0.6) is 5.75 Å². The number of ether oxygens (including phenoxy) is 1. The number of hydrogen-bond acceptors (Lipinski definition) is 5. The van der Waals surface area contributed by atoms with Crippen molar-refractivity contribution in [2.24, 2.45) is 7.05 Å². The molecule has 0 aliphatic carbocycles. The van der Waals surface area contributed by atoms with E-state index in [1.165, 1.54) is 4.57 Å². The van der Waals surface area contributed by atoms with E-state index in [0.717, 1.165) is 28.1 Å². The minimum atomic E-state index is -0.361. The molecule has 0 aliphatic rings. The second-order valence-electron chi connectivity index (χ2n) is 6.64. The van der Waals surface area contributed by atoms with E-state index >= 15 is 0 Å². The van der Waals surface area contributed by atoms with Gasteiger partial charge in [0.05, 0.1) is 13.4 Å². The number of aryl methyl sites for hydroxylation is 2. The van der Waals surface area contributed by atoms with E-state index in [9.17, 15) is 4.79 Å². The summed E-state index contributed by atoms with van der Waals surface area (Å²) in [6.45, 7) is 2.62. The molecule has 0 unspecified atom stereocenters. The van der Waals surface area contributed by atoms with E-state index < -0.39 is 0 Å². The van der Waals surface area contributed by atoms with Gasteiger partial charge in [-0.05, 0) is 24.1 Å². The number of methoxy groups -OCH3 is 1. The molecule has 0 bridgehead atoms. The molecular formula is C21H21N5O2. The Labute approximate surface area is 162 Å². The number of rotatable bonds is 5. The predicted molar refractivity (Wildman–Crippen MR) is 109 cm³/mol. The van der Waals surface area contributed by atoms with Gasteiger partial charge in [0.1, 0.15) is 11.3 Å². The number of anilines is 2. The van der Waals surface area contributed by atoms with Crippen LogP contribution >= 0.6 is 0 Å². The molecule has 0 amide bonds. The average molecular weight is 375 g/mol. The third-order valence-corrected chi connectivity index (χ3v) is 4.75. The zero-order valence-electron chi connectivity index (χ0n) is 16.0. The fourth-order valence-corrected chi connectivity index (χ4v) is 3.15. The van der Waals surface area contributed by atoms with Crippen molar-refractivity contribution in [1.29, 1.82) is 0 Å². The Balaban J connectivity index is 1.84. The van der Waals surface area contributed by atoms with Crippen LogP contribution in [0.25, 0.3) is 11.2 Å². The van der Waals surface area contributed by atoms with E-state index in [0.29, 0.717) is 18.0 Å². The Morgan fingerprint density at radius 3 is 2.68 bits per heavy atom. The average Bonchev–Trinajstić information content (AvgIpc) is 3.12. The number of hydrogen-bond donors (Lipinski definition) is 1. The summed E-state index contributed by atoms with van der Waals surface area (Å²) in [5.74, 6) is 1.20. The second kappa shape index (κ2) is 7.19. The first-order chi connectivity index (χ1) is 13.6. The summed E-state index contributed by atoms with van der Waals surface area (Å²) in [6.07, 6.45) is 1.74. The highest BCUT2D eigenvalue weighted by Gasteiger charge is 2.16. The molecule has 4 aromatic rings. The number of imidazole rings is 1.